The number of rotatable bonds is 4. The van der Waals surface area contributed by atoms with E-state index >= 15 is 0 Å². The van der Waals surface area contributed by atoms with Crippen molar-refractivity contribution < 1.29 is 45.4 Å². The Morgan fingerprint density at radius 3 is 1.09 bits per heavy atom. The van der Waals surface area contributed by atoms with Crippen molar-refractivity contribution in [2.75, 3.05) is 11.5 Å². The molecular formula is C28H30F6N8O4. The van der Waals surface area contributed by atoms with E-state index in [9.17, 15) is 35.9 Å². The van der Waals surface area contributed by atoms with Crippen LogP contribution in [-0.4, -0.2) is 35.9 Å². The summed E-state index contributed by atoms with van der Waals surface area (Å²) in [6.07, 6.45) is -4.77. The summed E-state index contributed by atoms with van der Waals surface area (Å²) in [6.45, 7) is 0. The molecule has 4 rings (SSSR count). The van der Waals surface area contributed by atoms with Crippen molar-refractivity contribution >= 4 is 23.2 Å². The van der Waals surface area contributed by atoms with Gasteiger partial charge in [-0.25, -0.2) is 0 Å². The topological polar surface area (TPSA) is 261 Å². The molecule has 18 heteroatoms. The summed E-state index contributed by atoms with van der Waals surface area (Å²) < 4.78 is 83.6. The zero-order valence-electron chi connectivity index (χ0n) is 23.6. The molecule has 2 aromatic rings. The number of hydrogen-bond donors (Lipinski definition) is 8. The highest BCUT2D eigenvalue weighted by Gasteiger charge is 2.39. The predicted molar refractivity (Wildman–Crippen MR) is 157 cm³/mol. The third kappa shape index (κ3) is 12.4. The number of nitrogens with two attached hydrogens (primary N) is 8. The van der Waals surface area contributed by atoms with Crippen LogP contribution in [0.15, 0.2) is 108 Å². The molecule has 0 radical (unpaired) electrons. The Bertz CT molecular complexity index is 1460. The van der Waals surface area contributed by atoms with E-state index in [-0.39, 0.29) is 0 Å². The molecule has 0 bridgehead atoms. The number of nitrogen functional groups attached to an aromatic ring is 2. The van der Waals surface area contributed by atoms with E-state index in [0.717, 1.165) is 24.3 Å². The number of alkyl halides is 6. The fourth-order valence-corrected chi connectivity index (χ4v) is 3.48. The fourth-order valence-electron chi connectivity index (χ4n) is 3.48. The number of ether oxygens (including phenoxy) is 2. The number of amides is 2. The Labute approximate surface area is 257 Å². The smallest absolute Gasteiger partial charge is 0.405 e. The van der Waals surface area contributed by atoms with Crippen LogP contribution in [0.25, 0.3) is 0 Å². The third-order valence-electron chi connectivity index (χ3n) is 5.50. The van der Waals surface area contributed by atoms with Gasteiger partial charge >= 0.3 is 12.7 Å². The van der Waals surface area contributed by atoms with E-state index in [2.05, 4.69) is 9.47 Å². The summed E-state index contributed by atoms with van der Waals surface area (Å²) in [5.74, 6) is -2.66. The zero-order valence-corrected chi connectivity index (χ0v) is 23.6. The zero-order chi connectivity index (χ0) is 35.1. The van der Waals surface area contributed by atoms with Gasteiger partial charge in [-0.15, -0.1) is 26.3 Å². The molecule has 46 heavy (non-hydrogen) atoms. The number of carbonyl (C=O) groups excluding carboxylic acids is 2. The molecule has 0 heterocycles. The average molecular weight is 657 g/mol. The molecule has 0 saturated heterocycles. The molecule has 0 spiro atoms. The molecular weight excluding hydrogens is 626 g/mol. The van der Waals surface area contributed by atoms with Gasteiger partial charge < -0.3 is 55.3 Å². The maximum Gasteiger partial charge on any atom is 0.573 e. The normalized spacial score (nSPS) is 18.0. The summed E-state index contributed by atoms with van der Waals surface area (Å²) >= 11 is 0. The minimum Gasteiger partial charge on any atom is -0.405 e. The first-order valence-electron chi connectivity index (χ1n) is 12.5. The third-order valence-corrected chi connectivity index (χ3v) is 5.50. The molecule has 12 nitrogen and oxygen atoms in total. The second kappa shape index (κ2) is 14.2. The van der Waals surface area contributed by atoms with Gasteiger partial charge in [-0.1, -0.05) is 12.2 Å². The van der Waals surface area contributed by atoms with Gasteiger partial charge in [0.15, 0.2) is 0 Å². The highest BCUT2D eigenvalue weighted by molar-refractivity contribution is 5.93. The molecule has 0 fully saturated rings. The molecule has 0 aromatic heterocycles. The molecule has 16 N–H and O–H groups in total. The summed E-state index contributed by atoms with van der Waals surface area (Å²) in [4.78, 5) is 21.0. The van der Waals surface area contributed by atoms with Crippen LogP contribution in [0.4, 0.5) is 37.7 Å². The van der Waals surface area contributed by atoms with Crippen LogP contribution in [0, 0.1) is 0 Å². The van der Waals surface area contributed by atoms with Crippen LogP contribution < -0.4 is 45.9 Å². The van der Waals surface area contributed by atoms with E-state index in [1.807, 2.05) is 0 Å². The number of benzene rings is 2. The molecule has 2 amide bonds. The summed E-state index contributed by atoms with van der Waals surface area (Å²) in [7, 11) is 0. The molecule has 248 valence electrons. The van der Waals surface area contributed by atoms with Gasteiger partial charge in [0, 0.05) is 33.6 Å². The van der Waals surface area contributed by atoms with Crippen molar-refractivity contribution in [3.8, 4) is 0 Å². The molecule has 2 aliphatic carbocycles. The lowest BCUT2D eigenvalue weighted by Crippen LogP contribution is -2.48. The highest BCUT2D eigenvalue weighted by Crippen LogP contribution is 2.37. The molecule has 0 atom stereocenters. The van der Waals surface area contributed by atoms with Crippen LogP contribution in [0.3, 0.4) is 0 Å². The lowest BCUT2D eigenvalue weighted by molar-refractivity contribution is -0.306. The molecule has 2 aromatic carbocycles. The first-order chi connectivity index (χ1) is 21.0. The Hall–Kier alpha value is -5.30. The lowest BCUT2D eigenvalue weighted by Gasteiger charge is -2.29. The van der Waals surface area contributed by atoms with Crippen LogP contribution >= 0.6 is 0 Å². The van der Waals surface area contributed by atoms with E-state index in [0.29, 0.717) is 34.7 Å². The van der Waals surface area contributed by atoms with Crippen LogP contribution in [0.5, 0.6) is 0 Å². The van der Waals surface area contributed by atoms with Crippen molar-refractivity contribution in [1.82, 2.24) is 0 Å². The van der Waals surface area contributed by atoms with Crippen molar-refractivity contribution in [2.45, 2.75) is 24.1 Å². The number of allylic oxidation sites excluding steroid dienone is 2. The molecule has 0 unspecified atom stereocenters. The van der Waals surface area contributed by atoms with Crippen LogP contribution in [0.1, 0.15) is 20.7 Å². The van der Waals surface area contributed by atoms with Crippen LogP contribution in [-0.2, 0) is 9.47 Å². The van der Waals surface area contributed by atoms with Gasteiger partial charge in [-0.3, -0.25) is 9.59 Å². The quantitative estimate of drug-likeness (QED) is 0.135. The summed E-state index contributed by atoms with van der Waals surface area (Å²) in [6, 6.07) is 12.9. The van der Waals surface area contributed by atoms with Crippen molar-refractivity contribution in [1.29, 1.82) is 0 Å². The maximum atomic E-state index is 12.6. The number of primary amides is 2. The van der Waals surface area contributed by atoms with Crippen LogP contribution in [0.2, 0.25) is 0 Å². The van der Waals surface area contributed by atoms with Gasteiger partial charge in [-0.05, 0) is 72.8 Å². The van der Waals surface area contributed by atoms with E-state index in [1.165, 1.54) is 0 Å². The molecule has 0 aliphatic heterocycles. The number of carbonyl (C=O) groups is 2. The SMILES string of the molecule is NC(=O)c1ccc(N)cc1.NC(=O)c1ccc(N)cc1.NC1(N)C=CC(=C2C=CC(N)(N)C=C2OC(F)(F)F)C(OC(F)(F)F)=C1. The van der Waals surface area contributed by atoms with E-state index < -0.39 is 58.5 Å². The van der Waals surface area contributed by atoms with Gasteiger partial charge in [-0.2, -0.15) is 0 Å². The number of hydrogen-bond acceptors (Lipinski definition) is 10. The van der Waals surface area contributed by atoms with E-state index in [4.69, 9.17) is 45.9 Å². The molecule has 0 saturated carbocycles. The Kier molecular flexibility index (Phi) is 11.4. The monoisotopic (exact) mass is 656 g/mol. The van der Waals surface area contributed by atoms with Crippen molar-refractivity contribution in [2.24, 2.45) is 34.4 Å². The Morgan fingerprint density at radius 2 is 0.848 bits per heavy atom. The minimum absolute atomic E-state index is 0.406. The Balaban J connectivity index is 0.000000299. The lowest BCUT2D eigenvalue weighted by atomic mass is 9.91. The first kappa shape index (κ1) is 36.9. The minimum atomic E-state index is -5.14. The number of anilines is 2. The fraction of sp³-hybridized carbons (Fsp3) is 0.143. The Morgan fingerprint density at radius 1 is 0.565 bits per heavy atom. The number of halogens is 6. The average Bonchev–Trinajstić information content (AvgIpc) is 2.88. The summed E-state index contributed by atoms with van der Waals surface area (Å²) in [5, 5.41) is 0. The maximum absolute atomic E-state index is 12.6. The van der Waals surface area contributed by atoms with Gasteiger partial charge in [0.25, 0.3) is 0 Å². The second-order valence-corrected chi connectivity index (χ2v) is 9.58. The standard InChI is InChI=1S/C14H14F6N4O2.2C7H8N2O/c15-13(16,17)25-9-5-11(21,22)3-1-7(9)8-2-4-12(23,24)6-10(8)26-14(18,19)20;2*8-6-3-1-5(2-4-6)7(9)10/h1-6H,21-24H2;2*1-4H,8H2,(H2,9,10). The van der Waals surface area contributed by atoms with Gasteiger partial charge in [0.1, 0.15) is 22.8 Å². The molecule has 2 aliphatic rings. The van der Waals surface area contributed by atoms with Gasteiger partial charge in [0.05, 0.1) is 0 Å². The summed E-state index contributed by atoms with van der Waals surface area (Å²) in [5.41, 5.74) is 40.6. The van der Waals surface area contributed by atoms with E-state index in [1.54, 1.807) is 48.5 Å². The van der Waals surface area contributed by atoms with Gasteiger partial charge in [0.2, 0.25) is 11.8 Å². The highest BCUT2D eigenvalue weighted by atomic mass is 19.4. The predicted octanol–water partition coefficient (Wildman–Crippen LogP) is 2.23. The first-order valence-corrected chi connectivity index (χ1v) is 12.5. The van der Waals surface area contributed by atoms with Crippen molar-refractivity contribution in [3.05, 3.63) is 119 Å². The second-order valence-electron chi connectivity index (χ2n) is 9.58. The largest absolute Gasteiger partial charge is 0.573 e. The van der Waals surface area contributed by atoms with Crippen molar-refractivity contribution in [3.63, 3.8) is 0 Å².